The van der Waals surface area contributed by atoms with Gasteiger partial charge in [0, 0.05) is 17.1 Å². The molecule has 1 unspecified atom stereocenters. The lowest BCUT2D eigenvalue weighted by molar-refractivity contribution is 0.216. The molecule has 4 heteroatoms. The second kappa shape index (κ2) is 6.90. The molecule has 18 heavy (non-hydrogen) atoms. The van der Waals surface area contributed by atoms with Crippen molar-refractivity contribution >= 4 is 27.5 Å². The molecular weight excluding hydrogens is 312 g/mol. The maximum Gasteiger partial charge on any atom is 0.0548 e. The van der Waals surface area contributed by atoms with Crippen LogP contribution in [0.2, 0.25) is 5.02 Å². The molecule has 1 atom stereocenters. The molecule has 0 aliphatic carbocycles. The van der Waals surface area contributed by atoms with Gasteiger partial charge in [-0.2, -0.15) is 0 Å². The zero-order valence-electron chi connectivity index (χ0n) is 10.8. The van der Waals surface area contributed by atoms with Crippen LogP contribution in [0.1, 0.15) is 24.8 Å². The predicted octanol–water partition coefficient (Wildman–Crippen LogP) is 3.68. The van der Waals surface area contributed by atoms with E-state index in [4.69, 9.17) is 11.6 Å². The summed E-state index contributed by atoms with van der Waals surface area (Å²) >= 11 is 9.50. The summed E-state index contributed by atoms with van der Waals surface area (Å²) in [5.74, 6) is 0. The molecule has 1 saturated heterocycles. The molecule has 0 saturated carbocycles. The molecule has 2 nitrogen and oxygen atoms in total. The van der Waals surface area contributed by atoms with Crippen LogP contribution in [-0.2, 0) is 6.54 Å². The fraction of sp³-hybridized carbons (Fsp3) is 0.571. The lowest BCUT2D eigenvalue weighted by Crippen LogP contribution is -2.31. The topological polar surface area (TPSA) is 15.3 Å². The molecule has 1 N–H and O–H groups in total. The Balaban J connectivity index is 1.96. The minimum atomic E-state index is 0.689. The van der Waals surface area contributed by atoms with E-state index in [0.717, 1.165) is 29.1 Å². The Kier molecular flexibility index (Phi) is 5.49. The minimum absolute atomic E-state index is 0.689. The van der Waals surface area contributed by atoms with E-state index in [1.54, 1.807) is 0 Å². The van der Waals surface area contributed by atoms with Gasteiger partial charge in [0.15, 0.2) is 0 Å². The van der Waals surface area contributed by atoms with E-state index in [2.05, 4.69) is 45.3 Å². The predicted molar refractivity (Wildman–Crippen MR) is 81.1 cm³/mol. The van der Waals surface area contributed by atoms with Crippen LogP contribution in [0.4, 0.5) is 0 Å². The highest BCUT2D eigenvalue weighted by atomic mass is 79.9. The van der Waals surface area contributed by atoms with E-state index in [-0.39, 0.29) is 0 Å². The van der Waals surface area contributed by atoms with Gasteiger partial charge in [-0.1, -0.05) is 17.7 Å². The second-order valence-electron chi connectivity index (χ2n) is 5.00. The molecule has 0 bridgehead atoms. The summed E-state index contributed by atoms with van der Waals surface area (Å²) in [4.78, 5) is 2.46. The minimum Gasteiger partial charge on any atom is -0.317 e. The summed E-state index contributed by atoms with van der Waals surface area (Å²) in [6, 6.07) is 6.88. The molecule has 2 rings (SSSR count). The summed E-state index contributed by atoms with van der Waals surface area (Å²) in [5.41, 5.74) is 1.31. The standard InChI is InChI=1S/C14H20BrClN2/c1-18(12-3-2-7-17-8-6-12)10-11-4-5-14(16)13(15)9-11/h4-5,9,12,17H,2-3,6-8,10H2,1H3. The molecule has 100 valence electrons. The molecular formula is C14H20BrClN2. The molecule has 1 aromatic carbocycles. The Hall–Kier alpha value is -0.0900. The van der Waals surface area contributed by atoms with Gasteiger partial charge in [-0.25, -0.2) is 0 Å². The monoisotopic (exact) mass is 330 g/mol. The van der Waals surface area contributed by atoms with Crippen molar-refractivity contribution in [3.05, 3.63) is 33.3 Å². The van der Waals surface area contributed by atoms with E-state index in [1.165, 1.54) is 24.8 Å². The van der Waals surface area contributed by atoms with Crippen molar-refractivity contribution in [2.75, 3.05) is 20.1 Å². The highest BCUT2D eigenvalue weighted by molar-refractivity contribution is 9.10. The molecule has 1 aliphatic rings. The number of benzene rings is 1. The zero-order chi connectivity index (χ0) is 13.0. The summed E-state index contributed by atoms with van der Waals surface area (Å²) in [6.45, 7) is 3.29. The molecule has 0 amide bonds. The van der Waals surface area contributed by atoms with E-state index in [0.29, 0.717) is 6.04 Å². The Morgan fingerprint density at radius 3 is 3.00 bits per heavy atom. The highest BCUT2D eigenvalue weighted by Gasteiger charge is 2.16. The first kappa shape index (κ1) is 14.3. The van der Waals surface area contributed by atoms with Gasteiger partial charge in [0.25, 0.3) is 0 Å². The van der Waals surface area contributed by atoms with Crippen molar-refractivity contribution in [3.63, 3.8) is 0 Å². The van der Waals surface area contributed by atoms with Crippen molar-refractivity contribution in [2.24, 2.45) is 0 Å². The normalized spacial score (nSPS) is 21.0. The van der Waals surface area contributed by atoms with Crippen LogP contribution in [0, 0.1) is 0 Å². The summed E-state index contributed by atoms with van der Waals surface area (Å²) in [6.07, 6.45) is 3.81. The maximum absolute atomic E-state index is 6.02. The van der Waals surface area contributed by atoms with Crippen LogP contribution in [0.15, 0.2) is 22.7 Å². The van der Waals surface area contributed by atoms with E-state index in [9.17, 15) is 0 Å². The average molecular weight is 332 g/mol. The van der Waals surface area contributed by atoms with Crippen molar-refractivity contribution in [3.8, 4) is 0 Å². The van der Waals surface area contributed by atoms with Crippen molar-refractivity contribution in [1.29, 1.82) is 0 Å². The van der Waals surface area contributed by atoms with Crippen LogP contribution in [0.5, 0.6) is 0 Å². The van der Waals surface area contributed by atoms with Crippen LogP contribution >= 0.6 is 27.5 Å². The third-order valence-electron chi connectivity index (χ3n) is 3.58. The number of rotatable bonds is 3. The van der Waals surface area contributed by atoms with Gasteiger partial charge in [0.1, 0.15) is 0 Å². The Morgan fingerprint density at radius 1 is 1.39 bits per heavy atom. The molecule has 0 aromatic heterocycles. The van der Waals surface area contributed by atoms with Gasteiger partial charge in [0.2, 0.25) is 0 Å². The van der Waals surface area contributed by atoms with Crippen LogP contribution in [0.3, 0.4) is 0 Å². The Morgan fingerprint density at radius 2 is 2.22 bits per heavy atom. The lowest BCUT2D eigenvalue weighted by Gasteiger charge is -2.27. The fourth-order valence-electron chi connectivity index (χ4n) is 2.50. The van der Waals surface area contributed by atoms with Gasteiger partial charge < -0.3 is 5.32 Å². The first-order valence-electron chi connectivity index (χ1n) is 6.51. The summed E-state index contributed by atoms with van der Waals surface area (Å²) in [5, 5.41) is 4.24. The molecule has 1 aromatic rings. The molecule has 1 fully saturated rings. The van der Waals surface area contributed by atoms with E-state index in [1.807, 2.05) is 6.07 Å². The summed E-state index contributed by atoms with van der Waals surface area (Å²) in [7, 11) is 2.22. The third-order valence-corrected chi connectivity index (χ3v) is 4.80. The fourth-order valence-corrected chi connectivity index (χ4v) is 3.04. The lowest BCUT2D eigenvalue weighted by atomic mass is 10.1. The molecule has 0 radical (unpaired) electrons. The summed E-state index contributed by atoms with van der Waals surface area (Å²) < 4.78 is 0.984. The number of nitrogens with zero attached hydrogens (tertiary/aromatic N) is 1. The number of nitrogens with one attached hydrogen (secondary N) is 1. The first-order chi connectivity index (χ1) is 8.66. The average Bonchev–Trinajstić information content (AvgIpc) is 2.62. The number of hydrogen-bond donors (Lipinski definition) is 1. The van der Waals surface area contributed by atoms with Gasteiger partial charge in [-0.05, 0) is 73.0 Å². The number of hydrogen-bond acceptors (Lipinski definition) is 2. The van der Waals surface area contributed by atoms with Crippen molar-refractivity contribution < 1.29 is 0 Å². The molecule has 1 aliphatic heterocycles. The Labute approximate surface area is 123 Å². The zero-order valence-corrected chi connectivity index (χ0v) is 13.1. The quantitative estimate of drug-likeness (QED) is 0.909. The molecule has 1 heterocycles. The van der Waals surface area contributed by atoms with Crippen molar-refractivity contribution in [1.82, 2.24) is 10.2 Å². The second-order valence-corrected chi connectivity index (χ2v) is 6.26. The highest BCUT2D eigenvalue weighted by Crippen LogP contribution is 2.24. The van der Waals surface area contributed by atoms with Gasteiger partial charge in [-0.15, -0.1) is 0 Å². The van der Waals surface area contributed by atoms with E-state index >= 15 is 0 Å². The smallest absolute Gasteiger partial charge is 0.0548 e. The SMILES string of the molecule is CN(Cc1ccc(Cl)c(Br)c1)C1CCCNCC1. The van der Waals surface area contributed by atoms with Gasteiger partial charge in [0.05, 0.1) is 5.02 Å². The molecule has 0 spiro atoms. The van der Waals surface area contributed by atoms with Crippen LogP contribution < -0.4 is 5.32 Å². The first-order valence-corrected chi connectivity index (χ1v) is 7.69. The third kappa shape index (κ3) is 3.95. The maximum atomic E-state index is 6.02. The van der Waals surface area contributed by atoms with Crippen LogP contribution in [-0.4, -0.2) is 31.1 Å². The van der Waals surface area contributed by atoms with E-state index < -0.39 is 0 Å². The largest absolute Gasteiger partial charge is 0.317 e. The van der Waals surface area contributed by atoms with Crippen LogP contribution in [0.25, 0.3) is 0 Å². The van der Waals surface area contributed by atoms with Crippen molar-refractivity contribution in [2.45, 2.75) is 31.8 Å². The number of halogens is 2. The van der Waals surface area contributed by atoms with Gasteiger partial charge in [-0.3, -0.25) is 4.90 Å². The van der Waals surface area contributed by atoms with Gasteiger partial charge >= 0.3 is 0 Å². The Bertz CT molecular complexity index is 389.